The normalized spacial score (nSPS) is 30.9. The van der Waals surface area contributed by atoms with E-state index in [9.17, 15) is 4.79 Å². The maximum atomic E-state index is 12.7. The van der Waals surface area contributed by atoms with Crippen LogP contribution in [0.5, 0.6) is 0 Å². The molecule has 3 heteroatoms. The van der Waals surface area contributed by atoms with Crippen molar-refractivity contribution in [2.24, 2.45) is 17.8 Å². The highest BCUT2D eigenvalue weighted by Gasteiger charge is 2.57. The lowest BCUT2D eigenvalue weighted by atomic mass is 10.0. The molecule has 2 saturated carbocycles. The van der Waals surface area contributed by atoms with Crippen LogP contribution in [0.3, 0.4) is 0 Å². The maximum Gasteiger partial charge on any atom is 0.226 e. The number of carbonyl (C=O) groups is 1. The van der Waals surface area contributed by atoms with Crippen LogP contribution in [0.25, 0.3) is 0 Å². The predicted octanol–water partition coefficient (Wildman–Crippen LogP) is 3.16. The Labute approximate surface area is 139 Å². The van der Waals surface area contributed by atoms with Gasteiger partial charge in [-0.3, -0.25) is 9.69 Å². The number of rotatable bonds is 4. The number of benzene rings is 1. The molecule has 124 valence electrons. The zero-order chi connectivity index (χ0) is 15.8. The molecular formula is C20H28N2O. The van der Waals surface area contributed by atoms with E-state index in [1.807, 2.05) is 7.05 Å². The Kier molecular flexibility index (Phi) is 4.14. The van der Waals surface area contributed by atoms with Crippen LogP contribution in [-0.2, 0) is 11.3 Å². The van der Waals surface area contributed by atoms with Crippen molar-refractivity contribution < 1.29 is 4.79 Å². The van der Waals surface area contributed by atoms with Crippen LogP contribution >= 0.6 is 0 Å². The van der Waals surface area contributed by atoms with Crippen LogP contribution in [0.4, 0.5) is 0 Å². The number of hydrogen-bond donors (Lipinski definition) is 0. The van der Waals surface area contributed by atoms with E-state index < -0.39 is 0 Å². The van der Waals surface area contributed by atoms with Gasteiger partial charge in [-0.25, -0.2) is 0 Å². The Morgan fingerprint density at radius 3 is 2.39 bits per heavy atom. The number of nitrogens with zero attached hydrogens (tertiary/aromatic N) is 2. The molecule has 0 aromatic heterocycles. The van der Waals surface area contributed by atoms with Crippen molar-refractivity contribution in [1.82, 2.24) is 9.80 Å². The van der Waals surface area contributed by atoms with Gasteiger partial charge >= 0.3 is 0 Å². The second kappa shape index (κ2) is 6.27. The van der Waals surface area contributed by atoms with Gasteiger partial charge in [-0.2, -0.15) is 0 Å². The molecular weight excluding hydrogens is 284 g/mol. The standard InChI is InChI=1S/C20H28N2O/c1-21(20(23)19-17-8-5-9-18(17)19)16-10-12-22(13-11-16)14-15-6-3-2-4-7-15/h2-4,6-7,16-19H,5,8-14H2,1H3. The Hall–Kier alpha value is -1.35. The third-order valence-corrected chi connectivity index (χ3v) is 6.39. The smallest absolute Gasteiger partial charge is 0.226 e. The highest BCUT2D eigenvalue weighted by molar-refractivity contribution is 5.82. The van der Waals surface area contributed by atoms with Crippen LogP contribution < -0.4 is 0 Å². The van der Waals surface area contributed by atoms with Crippen molar-refractivity contribution in [3.8, 4) is 0 Å². The summed E-state index contributed by atoms with van der Waals surface area (Å²) in [7, 11) is 2.05. The molecule has 2 aliphatic carbocycles. The molecule has 0 spiro atoms. The first-order valence-corrected chi connectivity index (χ1v) is 9.27. The fourth-order valence-electron chi connectivity index (χ4n) is 4.91. The van der Waals surface area contributed by atoms with Gasteiger partial charge in [0.25, 0.3) is 0 Å². The Morgan fingerprint density at radius 1 is 1.09 bits per heavy atom. The van der Waals surface area contributed by atoms with E-state index in [-0.39, 0.29) is 0 Å². The average Bonchev–Trinajstić information content (AvgIpc) is 3.07. The van der Waals surface area contributed by atoms with Crippen molar-refractivity contribution >= 4 is 5.91 Å². The summed E-state index contributed by atoms with van der Waals surface area (Å²) in [5, 5.41) is 0. The zero-order valence-corrected chi connectivity index (χ0v) is 14.2. The lowest BCUT2D eigenvalue weighted by Gasteiger charge is -2.37. The van der Waals surface area contributed by atoms with E-state index in [2.05, 4.69) is 40.1 Å². The molecule has 2 unspecified atom stereocenters. The molecule has 3 aliphatic rings. The molecule has 3 nitrogen and oxygen atoms in total. The third-order valence-electron chi connectivity index (χ3n) is 6.39. The number of amides is 1. The lowest BCUT2D eigenvalue weighted by Crippen LogP contribution is -2.46. The van der Waals surface area contributed by atoms with E-state index in [0.717, 1.165) is 44.3 Å². The van der Waals surface area contributed by atoms with Crippen molar-refractivity contribution in [1.29, 1.82) is 0 Å². The van der Waals surface area contributed by atoms with Crippen LogP contribution in [0.2, 0.25) is 0 Å². The number of piperidine rings is 1. The van der Waals surface area contributed by atoms with Gasteiger partial charge in [0.05, 0.1) is 0 Å². The summed E-state index contributed by atoms with van der Waals surface area (Å²) in [5.74, 6) is 2.31. The topological polar surface area (TPSA) is 23.6 Å². The minimum absolute atomic E-state index is 0.385. The largest absolute Gasteiger partial charge is 0.342 e. The molecule has 1 aromatic carbocycles. The Bertz CT molecular complexity index is 540. The fourth-order valence-corrected chi connectivity index (χ4v) is 4.91. The van der Waals surface area contributed by atoms with Crippen LogP contribution in [0, 0.1) is 17.8 Å². The van der Waals surface area contributed by atoms with E-state index >= 15 is 0 Å². The van der Waals surface area contributed by atoms with Gasteiger partial charge in [0.1, 0.15) is 0 Å². The molecule has 1 aromatic rings. The Balaban J connectivity index is 1.27. The predicted molar refractivity (Wildman–Crippen MR) is 91.8 cm³/mol. The highest BCUT2D eigenvalue weighted by Crippen LogP contribution is 2.58. The summed E-state index contributed by atoms with van der Waals surface area (Å²) < 4.78 is 0. The number of hydrogen-bond acceptors (Lipinski definition) is 2. The van der Waals surface area contributed by atoms with Crippen LogP contribution in [0.15, 0.2) is 30.3 Å². The highest BCUT2D eigenvalue weighted by atomic mass is 16.2. The number of carbonyl (C=O) groups excluding carboxylic acids is 1. The van der Waals surface area contributed by atoms with Gasteiger partial charge in [0, 0.05) is 38.6 Å². The second-order valence-corrected chi connectivity index (χ2v) is 7.73. The van der Waals surface area contributed by atoms with Gasteiger partial charge in [0.15, 0.2) is 0 Å². The van der Waals surface area contributed by atoms with Gasteiger partial charge in [-0.05, 0) is 43.1 Å². The van der Waals surface area contributed by atoms with Gasteiger partial charge in [0.2, 0.25) is 5.91 Å². The lowest BCUT2D eigenvalue weighted by molar-refractivity contribution is -0.135. The summed E-state index contributed by atoms with van der Waals surface area (Å²) in [5.41, 5.74) is 1.39. The van der Waals surface area contributed by atoms with E-state index in [1.54, 1.807) is 0 Å². The van der Waals surface area contributed by atoms with E-state index in [4.69, 9.17) is 0 Å². The molecule has 2 atom stereocenters. The van der Waals surface area contributed by atoms with Crippen molar-refractivity contribution in [2.75, 3.05) is 20.1 Å². The molecule has 23 heavy (non-hydrogen) atoms. The van der Waals surface area contributed by atoms with Crippen LogP contribution in [-0.4, -0.2) is 41.9 Å². The molecule has 3 fully saturated rings. The summed E-state index contributed by atoms with van der Waals surface area (Å²) in [6, 6.07) is 11.2. The minimum Gasteiger partial charge on any atom is -0.342 e. The number of fused-ring (bicyclic) bond motifs is 1. The summed E-state index contributed by atoms with van der Waals surface area (Å²) >= 11 is 0. The zero-order valence-electron chi connectivity index (χ0n) is 14.2. The first-order chi connectivity index (χ1) is 11.2. The fraction of sp³-hybridized carbons (Fsp3) is 0.650. The third kappa shape index (κ3) is 3.03. The first kappa shape index (κ1) is 15.2. The monoisotopic (exact) mass is 312 g/mol. The Morgan fingerprint density at radius 2 is 1.74 bits per heavy atom. The van der Waals surface area contributed by atoms with Crippen molar-refractivity contribution in [2.45, 2.75) is 44.7 Å². The maximum absolute atomic E-state index is 12.7. The van der Waals surface area contributed by atoms with E-state index in [1.165, 1.54) is 24.8 Å². The quantitative estimate of drug-likeness (QED) is 0.852. The van der Waals surface area contributed by atoms with Gasteiger partial charge in [-0.15, -0.1) is 0 Å². The molecule has 4 rings (SSSR count). The minimum atomic E-state index is 0.385. The summed E-state index contributed by atoms with van der Waals surface area (Å²) in [4.78, 5) is 17.3. The SMILES string of the molecule is CN(C(=O)C1C2CCCC21)C1CCN(Cc2ccccc2)CC1. The molecule has 0 bridgehead atoms. The molecule has 0 N–H and O–H groups in total. The first-order valence-electron chi connectivity index (χ1n) is 9.27. The van der Waals surface area contributed by atoms with Crippen LogP contribution in [0.1, 0.15) is 37.7 Å². The molecule has 0 radical (unpaired) electrons. The van der Waals surface area contributed by atoms with Crippen molar-refractivity contribution in [3.05, 3.63) is 35.9 Å². The number of likely N-dealkylation sites (tertiary alicyclic amines) is 1. The molecule has 1 amide bonds. The molecule has 1 aliphatic heterocycles. The molecule has 1 heterocycles. The average molecular weight is 312 g/mol. The molecule has 1 saturated heterocycles. The summed E-state index contributed by atoms with van der Waals surface area (Å²) in [6.45, 7) is 3.25. The summed E-state index contributed by atoms with van der Waals surface area (Å²) in [6.07, 6.45) is 6.18. The van der Waals surface area contributed by atoms with Gasteiger partial charge < -0.3 is 4.90 Å². The van der Waals surface area contributed by atoms with E-state index in [0.29, 0.717) is 17.9 Å². The van der Waals surface area contributed by atoms with Crippen molar-refractivity contribution in [3.63, 3.8) is 0 Å². The van der Waals surface area contributed by atoms with Gasteiger partial charge in [-0.1, -0.05) is 36.8 Å². The second-order valence-electron chi connectivity index (χ2n) is 7.73.